The zero-order valence-electron chi connectivity index (χ0n) is 18.7. The van der Waals surface area contributed by atoms with Crippen molar-refractivity contribution < 1.29 is 9.79 Å². The Morgan fingerprint density at radius 2 is 1.21 bits per heavy atom. The van der Waals surface area contributed by atoms with E-state index in [1.54, 1.807) is 0 Å². The predicted octanol–water partition coefficient (Wildman–Crippen LogP) is 8.31. The van der Waals surface area contributed by atoms with Gasteiger partial charge in [0.05, 0.1) is 0 Å². The Bertz CT molecular complexity index is 590. The molecule has 0 saturated heterocycles. The maximum absolute atomic E-state index is 9.89. The van der Waals surface area contributed by atoms with E-state index in [1.807, 2.05) is 6.07 Å². The van der Waals surface area contributed by atoms with Crippen LogP contribution in [-0.2, 0) is 23.8 Å². The van der Waals surface area contributed by atoms with Gasteiger partial charge >= 0.3 is 5.69 Å². The lowest BCUT2D eigenvalue weighted by Crippen LogP contribution is -1.99. The zero-order valence-corrected chi connectivity index (χ0v) is 21.3. The standard InChI is InChI=1S/C24H44O2PS2/c1-3-5-7-9-11-13-15-18-22-19-17-21-24(29-27(25,26)28)23(22)20-16-14-12-10-8-6-4-2/h17,19,21,25-26,28H,3-16,18,20H2,1-2H3/q+1. The third kappa shape index (κ3) is 13.9. The van der Waals surface area contributed by atoms with Crippen LogP contribution in [0.5, 0.6) is 0 Å². The number of aryl methyl sites for hydroxylation is 1. The molecule has 0 amide bonds. The van der Waals surface area contributed by atoms with Crippen molar-refractivity contribution >= 4 is 28.9 Å². The van der Waals surface area contributed by atoms with Gasteiger partial charge in [0.1, 0.15) is 0 Å². The second-order valence-corrected chi connectivity index (χ2v) is 14.5. The maximum Gasteiger partial charge on any atom is 0.434 e. The Balaban J connectivity index is 2.63. The fourth-order valence-corrected chi connectivity index (χ4v) is 6.72. The SMILES string of the molecule is CCCCCCCCCc1cccc([S+]=P(O)(O)S)c1CCCCCCCCC. The lowest BCUT2D eigenvalue weighted by Gasteiger charge is -2.10. The molecule has 0 bridgehead atoms. The molecule has 2 N–H and O–H groups in total. The van der Waals surface area contributed by atoms with Crippen molar-refractivity contribution in [3.8, 4) is 0 Å². The Morgan fingerprint density at radius 1 is 0.724 bits per heavy atom. The minimum atomic E-state index is -3.18. The Morgan fingerprint density at radius 3 is 1.72 bits per heavy atom. The Hall–Kier alpha value is 0.140. The first-order valence-corrected chi connectivity index (χ1v) is 16.1. The van der Waals surface area contributed by atoms with E-state index in [4.69, 9.17) is 0 Å². The molecule has 0 heterocycles. The van der Waals surface area contributed by atoms with E-state index in [0.717, 1.165) is 28.7 Å². The highest BCUT2D eigenvalue weighted by Gasteiger charge is 2.23. The summed E-state index contributed by atoms with van der Waals surface area (Å²) in [7, 11) is 1.16. The van der Waals surface area contributed by atoms with Crippen molar-refractivity contribution in [3.63, 3.8) is 0 Å². The Labute approximate surface area is 189 Å². The first-order chi connectivity index (χ1) is 14.0. The topological polar surface area (TPSA) is 40.5 Å². The summed E-state index contributed by atoms with van der Waals surface area (Å²) >= 11 is 4.02. The van der Waals surface area contributed by atoms with Gasteiger partial charge < -0.3 is 9.79 Å². The monoisotopic (exact) mass is 459 g/mol. The molecule has 0 aliphatic heterocycles. The molecule has 0 aliphatic carbocycles. The Kier molecular flexibility index (Phi) is 15.7. The molecule has 1 rings (SSSR count). The molecular weight excluding hydrogens is 415 g/mol. The molecule has 0 aliphatic rings. The summed E-state index contributed by atoms with van der Waals surface area (Å²) in [4.78, 5) is 20.8. The van der Waals surface area contributed by atoms with E-state index in [2.05, 4.69) is 38.2 Å². The van der Waals surface area contributed by atoms with Crippen LogP contribution in [0.4, 0.5) is 0 Å². The van der Waals surface area contributed by atoms with Crippen LogP contribution in [0.25, 0.3) is 0 Å². The highest BCUT2D eigenvalue weighted by molar-refractivity contribution is 8.62. The lowest BCUT2D eigenvalue weighted by molar-refractivity contribution is 0.502. The molecule has 5 heteroatoms. The molecule has 1 aromatic rings. The number of rotatable bonds is 17. The van der Waals surface area contributed by atoms with E-state index in [1.165, 1.54) is 101 Å². The third-order valence-electron chi connectivity index (χ3n) is 5.53. The van der Waals surface area contributed by atoms with Crippen LogP contribution in [0.15, 0.2) is 23.1 Å². The number of hydrogen-bond donors (Lipinski definition) is 3. The number of benzene rings is 1. The van der Waals surface area contributed by atoms with Crippen LogP contribution in [0.3, 0.4) is 0 Å². The van der Waals surface area contributed by atoms with Crippen LogP contribution in [0.2, 0.25) is 0 Å². The van der Waals surface area contributed by atoms with Gasteiger partial charge in [0.25, 0.3) is 10.9 Å². The molecule has 0 radical (unpaired) electrons. The first-order valence-electron chi connectivity index (χ1n) is 11.9. The van der Waals surface area contributed by atoms with E-state index in [9.17, 15) is 9.79 Å². The van der Waals surface area contributed by atoms with E-state index >= 15 is 0 Å². The summed E-state index contributed by atoms with van der Waals surface area (Å²) in [5.74, 6) is 0. The quantitative estimate of drug-likeness (QED) is 0.0948. The summed E-state index contributed by atoms with van der Waals surface area (Å²) in [5, 5.41) is 0. The van der Waals surface area contributed by atoms with Crippen molar-refractivity contribution in [1.82, 2.24) is 0 Å². The normalized spacial score (nSPS) is 11.8. The van der Waals surface area contributed by atoms with Gasteiger partial charge in [-0.05, 0) is 43.5 Å². The molecular formula is C24H44O2PS2+. The van der Waals surface area contributed by atoms with Crippen LogP contribution < -0.4 is 0 Å². The molecule has 0 spiro atoms. The van der Waals surface area contributed by atoms with Crippen LogP contribution in [0, 0.1) is 0 Å². The zero-order chi connectivity index (χ0) is 21.4. The van der Waals surface area contributed by atoms with Gasteiger partial charge in [-0.3, -0.25) is 0 Å². The van der Waals surface area contributed by atoms with Crippen molar-refractivity contribution in [2.45, 2.75) is 121 Å². The first kappa shape index (κ1) is 27.2. The van der Waals surface area contributed by atoms with Gasteiger partial charge in [0.2, 0.25) is 4.90 Å². The molecule has 2 nitrogen and oxygen atoms in total. The van der Waals surface area contributed by atoms with Gasteiger partial charge in [-0.15, -0.1) is 0 Å². The molecule has 0 fully saturated rings. The minimum Gasteiger partial charge on any atom is -0.304 e. The molecule has 0 aromatic heterocycles. The molecule has 1 aromatic carbocycles. The third-order valence-corrected chi connectivity index (χ3v) is 8.41. The van der Waals surface area contributed by atoms with Gasteiger partial charge in [-0.25, -0.2) is 0 Å². The summed E-state index contributed by atoms with van der Waals surface area (Å²) in [5.41, 5.74) is -0.447. The number of hydrogen-bond acceptors (Lipinski definition) is 0. The summed E-state index contributed by atoms with van der Waals surface area (Å²) < 4.78 is 0. The highest BCUT2D eigenvalue weighted by atomic mass is 32.9. The van der Waals surface area contributed by atoms with E-state index < -0.39 is 5.69 Å². The van der Waals surface area contributed by atoms with Crippen molar-refractivity contribution in [3.05, 3.63) is 29.3 Å². The van der Waals surface area contributed by atoms with Crippen LogP contribution in [0.1, 0.15) is 115 Å². The average molecular weight is 460 g/mol. The van der Waals surface area contributed by atoms with Crippen LogP contribution in [-0.4, -0.2) is 9.79 Å². The largest absolute Gasteiger partial charge is 0.434 e. The molecule has 0 atom stereocenters. The van der Waals surface area contributed by atoms with Crippen molar-refractivity contribution in [2.24, 2.45) is 0 Å². The van der Waals surface area contributed by atoms with Crippen LogP contribution >= 0.6 is 17.9 Å². The molecule has 29 heavy (non-hydrogen) atoms. The maximum atomic E-state index is 9.89. The fraction of sp³-hybridized carbons (Fsp3) is 0.750. The second kappa shape index (κ2) is 16.8. The van der Waals surface area contributed by atoms with Crippen molar-refractivity contribution in [1.29, 1.82) is 0 Å². The molecule has 0 saturated carbocycles. The summed E-state index contributed by atoms with van der Waals surface area (Å²) in [6.07, 6.45) is 20.5. The van der Waals surface area contributed by atoms with Gasteiger partial charge in [-0.2, -0.15) is 0 Å². The smallest absolute Gasteiger partial charge is 0.304 e. The molecule has 168 valence electrons. The van der Waals surface area contributed by atoms with Gasteiger partial charge in [0, 0.05) is 11.6 Å². The van der Waals surface area contributed by atoms with E-state index in [-0.39, 0.29) is 0 Å². The van der Waals surface area contributed by atoms with E-state index in [0.29, 0.717) is 0 Å². The fourth-order valence-electron chi connectivity index (χ4n) is 3.88. The second-order valence-electron chi connectivity index (χ2n) is 8.24. The lowest BCUT2D eigenvalue weighted by atomic mass is 9.96. The number of unbranched alkanes of at least 4 members (excludes halogenated alkanes) is 12. The van der Waals surface area contributed by atoms with Gasteiger partial charge in [0.15, 0.2) is 0 Å². The average Bonchev–Trinajstić information content (AvgIpc) is 2.67. The highest BCUT2D eigenvalue weighted by Crippen LogP contribution is 2.45. The summed E-state index contributed by atoms with van der Waals surface area (Å²) in [6, 6.07) is 6.34. The van der Waals surface area contributed by atoms with Gasteiger partial charge in [-0.1, -0.05) is 103 Å². The number of thiol groups is 1. The predicted molar refractivity (Wildman–Crippen MR) is 136 cm³/mol. The minimum absolute atomic E-state index is 1.02. The molecule has 0 unspecified atom stereocenters. The summed E-state index contributed by atoms with van der Waals surface area (Å²) in [6.45, 7) is 4.52. The van der Waals surface area contributed by atoms with Crippen molar-refractivity contribution in [2.75, 3.05) is 0 Å².